The van der Waals surface area contributed by atoms with Gasteiger partial charge in [-0.3, -0.25) is 4.79 Å². The summed E-state index contributed by atoms with van der Waals surface area (Å²) in [5.74, 6) is -7.11. The van der Waals surface area contributed by atoms with Gasteiger partial charge in [-0.2, -0.15) is 0 Å². The van der Waals surface area contributed by atoms with Gasteiger partial charge in [0, 0.05) is 36.9 Å². The van der Waals surface area contributed by atoms with Gasteiger partial charge in [-0.25, -0.2) is 17.6 Å². The van der Waals surface area contributed by atoms with Crippen LogP contribution in [0, 0.1) is 29.2 Å². The van der Waals surface area contributed by atoms with E-state index in [1.54, 1.807) is 26.0 Å². The van der Waals surface area contributed by atoms with Crippen molar-refractivity contribution >= 4 is 5.97 Å². The molecule has 0 saturated heterocycles. The molecule has 0 radical (unpaired) electrons. The van der Waals surface area contributed by atoms with E-state index in [0.29, 0.717) is 12.1 Å². The van der Waals surface area contributed by atoms with E-state index in [1.165, 1.54) is 0 Å². The van der Waals surface area contributed by atoms with Crippen LogP contribution in [-0.4, -0.2) is 31.5 Å². The largest absolute Gasteiger partial charge is 0.453 e. The van der Waals surface area contributed by atoms with Gasteiger partial charge in [0.25, 0.3) is 0 Å². The van der Waals surface area contributed by atoms with E-state index in [1.807, 2.05) is 61.5 Å². The first kappa shape index (κ1) is 26.4. The van der Waals surface area contributed by atoms with Crippen molar-refractivity contribution in [3.63, 3.8) is 0 Å². The van der Waals surface area contributed by atoms with Crippen LogP contribution in [0.3, 0.4) is 0 Å². The van der Waals surface area contributed by atoms with Crippen LogP contribution in [0.15, 0.2) is 60.7 Å². The summed E-state index contributed by atoms with van der Waals surface area (Å²) in [4.78, 5) is 14.4. The molecule has 3 rings (SSSR count). The Labute approximate surface area is 203 Å². The minimum absolute atomic E-state index is 0.0149. The lowest BCUT2D eigenvalue weighted by Crippen LogP contribution is -2.45. The number of hydrogen-bond donors (Lipinski definition) is 0. The smallest absolute Gasteiger partial charge is 0.306 e. The van der Waals surface area contributed by atoms with Gasteiger partial charge in [0.15, 0.2) is 23.3 Å². The first-order valence-electron chi connectivity index (χ1n) is 11.4. The zero-order valence-corrected chi connectivity index (χ0v) is 20.2. The molecule has 0 amide bonds. The maximum atomic E-state index is 14.8. The molecule has 0 saturated carbocycles. The molecule has 0 aliphatic heterocycles. The molecule has 0 aliphatic carbocycles. The standard InChI is InChI=1S/C28H29F4NO2/c1-5-25(34)35-28(18(2)17-33(3)4,16-22-26(31)23(29)15-24(30)27(22)32)21-13-11-20(12-14-21)19-9-7-6-8-10-19/h6-15,18H,5,16-17H2,1-4H3/t18-,28?/m0/s1. The van der Waals surface area contributed by atoms with Gasteiger partial charge in [-0.1, -0.05) is 68.4 Å². The zero-order chi connectivity index (χ0) is 25.8. The zero-order valence-electron chi connectivity index (χ0n) is 20.2. The van der Waals surface area contributed by atoms with Crippen LogP contribution in [0.5, 0.6) is 0 Å². The molecule has 0 bridgehead atoms. The molecule has 1 unspecified atom stereocenters. The van der Waals surface area contributed by atoms with Crippen molar-refractivity contribution in [2.45, 2.75) is 32.3 Å². The molecule has 0 spiro atoms. The van der Waals surface area contributed by atoms with Crippen molar-refractivity contribution in [1.82, 2.24) is 4.90 Å². The molecular formula is C28H29F4NO2. The van der Waals surface area contributed by atoms with Crippen LogP contribution < -0.4 is 0 Å². The summed E-state index contributed by atoms with van der Waals surface area (Å²) in [5.41, 5.74) is -0.0737. The van der Waals surface area contributed by atoms with Crippen molar-refractivity contribution < 1.29 is 27.1 Å². The monoisotopic (exact) mass is 487 g/mol. The summed E-state index contributed by atoms with van der Waals surface area (Å²) in [6, 6.07) is 16.8. The predicted molar refractivity (Wildman–Crippen MR) is 128 cm³/mol. The number of carbonyl (C=O) groups is 1. The van der Waals surface area contributed by atoms with Gasteiger partial charge in [-0.15, -0.1) is 0 Å². The quantitative estimate of drug-likeness (QED) is 0.196. The van der Waals surface area contributed by atoms with Crippen molar-refractivity contribution in [3.05, 3.63) is 95.1 Å². The van der Waals surface area contributed by atoms with Crippen molar-refractivity contribution in [2.75, 3.05) is 20.6 Å². The fourth-order valence-corrected chi connectivity index (χ4v) is 4.34. The lowest BCUT2D eigenvalue weighted by atomic mass is 9.76. The van der Waals surface area contributed by atoms with E-state index in [9.17, 15) is 22.4 Å². The third-order valence-electron chi connectivity index (χ3n) is 6.14. The lowest BCUT2D eigenvalue weighted by Gasteiger charge is -2.40. The number of benzene rings is 3. The predicted octanol–water partition coefficient (Wildman–Crippen LogP) is 6.50. The molecule has 3 aromatic carbocycles. The number of halogens is 4. The van der Waals surface area contributed by atoms with Crippen LogP contribution in [-0.2, 0) is 21.6 Å². The van der Waals surface area contributed by atoms with Gasteiger partial charge >= 0.3 is 5.97 Å². The summed E-state index contributed by atoms with van der Waals surface area (Å²) in [6.45, 7) is 3.75. The first-order chi connectivity index (χ1) is 16.6. The van der Waals surface area contributed by atoms with E-state index < -0.39 is 52.7 Å². The second-order valence-electron chi connectivity index (χ2n) is 8.95. The maximum Gasteiger partial charge on any atom is 0.306 e. The molecule has 0 heterocycles. The molecule has 35 heavy (non-hydrogen) atoms. The van der Waals surface area contributed by atoms with Crippen LogP contribution >= 0.6 is 0 Å². The third-order valence-corrected chi connectivity index (χ3v) is 6.14. The van der Waals surface area contributed by atoms with E-state index in [4.69, 9.17) is 4.74 Å². The van der Waals surface area contributed by atoms with Gasteiger partial charge in [-0.05, 0) is 30.8 Å². The number of ether oxygens (including phenoxy) is 1. The molecule has 7 heteroatoms. The molecule has 0 aliphatic rings. The number of rotatable bonds is 9. The Morgan fingerprint density at radius 2 is 1.46 bits per heavy atom. The highest BCUT2D eigenvalue weighted by molar-refractivity contribution is 5.70. The van der Waals surface area contributed by atoms with Gasteiger partial charge in [0.1, 0.15) is 5.60 Å². The van der Waals surface area contributed by atoms with E-state index in [2.05, 4.69) is 0 Å². The maximum absolute atomic E-state index is 14.8. The highest BCUT2D eigenvalue weighted by Gasteiger charge is 2.44. The SMILES string of the molecule is CCC(=O)OC(Cc1c(F)c(F)cc(F)c1F)(c1ccc(-c2ccccc2)cc1)[C@@H](C)CN(C)C. The molecule has 3 nitrogen and oxygen atoms in total. The summed E-state index contributed by atoms with van der Waals surface area (Å²) in [6.07, 6.45) is -0.564. The number of esters is 1. The van der Waals surface area contributed by atoms with E-state index in [0.717, 1.165) is 11.1 Å². The summed E-state index contributed by atoms with van der Waals surface area (Å²) < 4.78 is 63.7. The Morgan fingerprint density at radius 1 is 0.914 bits per heavy atom. The van der Waals surface area contributed by atoms with Crippen LogP contribution in [0.1, 0.15) is 31.4 Å². The number of hydrogen-bond acceptors (Lipinski definition) is 3. The van der Waals surface area contributed by atoms with Crippen LogP contribution in [0.25, 0.3) is 11.1 Å². The van der Waals surface area contributed by atoms with Gasteiger partial charge in [0.05, 0.1) is 0 Å². The molecule has 0 aromatic heterocycles. The Balaban J connectivity index is 2.21. The minimum atomic E-state index is -1.59. The lowest BCUT2D eigenvalue weighted by molar-refractivity contribution is -0.168. The summed E-state index contributed by atoms with van der Waals surface area (Å²) >= 11 is 0. The average Bonchev–Trinajstić information content (AvgIpc) is 2.84. The third kappa shape index (κ3) is 5.73. The molecule has 186 valence electrons. The molecule has 0 N–H and O–H groups in total. The Morgan fingerprint density at radius 3 is 1.97 bits per heavy atom. The number of carbonyl (C=O) groups excluding carboxylic acids is 1. The van der Waals surface area contributed by atoms with Crippen molar-refractivity contribution in [3.8, 4) is 11.1 Å². The number of nitrogens with zero attached hydrogens (tertiary/aromatic N) is 1. The second kappa shape index (κ2) is 11.0. The molecule has 0 fully saturated rings. The topological polar surface area (TPSA) is 29.5 Å². The first-order valence-corrected chi connectivity index (χ1v) is 11.4. The minimum Gasteiger partial charge on any atom is -0.453 e. The Hall–Kier alpha value is -3.19. The summed E-state index contributed by atoms with van der Waals surface area (Å²) in [7, 11) is 3.62. The second-order valence-corrected chi connectivity index (χ2v) is 8.95. The van der Waals surface area contributed by atoms with Crippen molar-refractivity contribution in [1.29, 1.82) is 0 Å². The van der Waals surface area contributed by atoms with Gasteiger partial charge < -0.3 is 9.64 Å². The highest BCUT2D eigenvalue weighted by atomic mass is 19.2. The molecule has 2 atom stereocenters. The van der Waals surface area contributed by atoms with Crippen LogP contribution in [0.4, 0.5) is 17.6 Å². The molecular weight excluding hydrogens is 458 g/mol. The van der Waals surface area contributed by atoms with Crippen molar-refractivity contribution in [2.24, 2.45) is 5.92 Å². The van der Waals surface area contributed by atoms with E-state index in [-0.39, 0.29) is 12.5 Å². The van der Waals surface area contributed by atoms with E-state index >= 15 is 0 Å². The Kier molecular flexibility index (Phi) is 8.33. The van der Waals surface area contributed by atoms with Gasteiger partial charge in [0.2, 0.25) is 0 Å². The highest BCUT2D eigenvalue weighted by Crippen LogP contribution is 2.41. The Bertz CT molecular complexity index is 1140. The van der Waals surface area contributed by atoms with Crippen LogP contribution in [0.2, 0.25) is 0 Å². The average molecular weight is 488 g/mol. The normalized spacial score (nSPS) is 14.0. The fraction of sp³-hybridized carbons (Fsp3) is 0.321. The summed E-state index contributed by atoms with van der Waals surface area (Å²) in [5, 5.41) is 0. The molecule has 3 aromatic rings. The fourth-order valence-electron chi connectivity index (χ4n) is 4.34.